The Balaban J connectivity index is 2.03. The quantitative estimate of drug-likeness (QED) is 0.789. The molecule has 1 unspecified atom stereocenters. The van der Waals surface area contributed by atoms with Gasteiger partial charge in [0.25, 0.3) is 0 Å². The Morgan fingerprint density at radius 2 is 2.42 bits per heavy atom. The minimum atomic E-state index is -0.513. The van der Waals surface area contributed by atoms with Crippen LogP contribution in [-0.4, -0.2) is 43.7 Å². The van der Waals surface area contributed by atoms with Gasteiger partial charge in [-0.3, -0.25) is 4.90 Å². The predicted octanol–water partition coefficient (Wildman–Crippen LogP) is 0.520. The zero-order valence-corrected chi connectivity index (χ0v) is 10.5. The number of morpholine rings is 1. The van der Waals surface area contributed by atoms with Crippen molar-refractivity contribution in [3.05, 3.63) is 29.6 Å². The maximum atomic E-state index is 13.2. The maximum Gasteiger partial charge on any atom is 0.212 e. The van der Waals surface area contributed by atoms with E-state index in [0.29, 0.717) is 32.0 Å². The van der Waals surface area contributed by atoms with Crippen molar-refractivity contribution in [2.45, 2.75) is 12.8 Å². The van der Waals surface area contributed by atoms with Crippen molar-refractivity contribution in [1.29, 1.82) is 0 Å². The van der Waals surface area contributed by atoms with E-state index in [-0.39, 0.29) is 12.4 Å². The van der Waals surface area contributed by atoms with Crippen LogP contribution in [-0.2, 0) is 16.1 Å². The number of ether oxygens (including phenoxy) is 2. The molecule has 1 aromatic carbocycles. The van der Waals surface area contributed by atoms with E-state index in [1.165, 1.54) is 12.1 Å². The summed E-state index contributed by atoms with van der Waals surface area (Å²) in [6.45, 7) is 2.24. The van der Waals surface area contributed by atoms with E-state index in [2.05, 4.69) is 0 Å². The van der Waals surface area contributed by atoms with Gasteiger partial charge in [0, 0.05) is 24.7 Å². The van der Waals surface area contributed by atoms with Crippen LogP contribution in [0, 0.1) is 5.82 Å². The average molecular weight is 268 g/mol. The van der Waals surface area contributed by atoms with Crippen molar-refractivity contribution < 1.29 is 18.7 Å². The van der Waals surface area contributed by atoms with E-state index in [0.717, 1.165) is 11.8 Å². The SMILES string of the molecule is NCc1ccc(F)cc1OC1CN(CC=O)CCO1. The summed E-state index contributed by atoms with van der Waals surface area (Å²) < 4.78 is 24.3. The van der Waals surface area contributed by atoms with Crippen LogP contribution in [0.4, 0.5) is 4.39 Å². The molecular weight excluding hydrogens is 251 g/mol. The highest BCUT2D eigenvalue weighted by molar-refractivity contribution is 5.51. The van der Waals surface area contributed by atoms with Crippen molar-refractivity contribution in [3.8, 4) is 5.75 Å². The normalized spacial score (nSPS) is 20.2. The molecule has 0 aromatic heterocycles. The van der Waals surface area contributed by atoms with Gasteiger partial charge in [-0.1, -0.05) is 6.07 Å². The number of hydrogen-bond acceptors (Lipinski definition) is 5. The first-order chi connectivity index (χ1) is 9.22. The van der Waals surface area contributed by atoms with Gasteiger partial charge in [0.05, 0.1) is 19.7 Å². The van der Waals surface area contributed by atoms with Gasteiger partial charge in [0.2, 0.25) is 6.29 Å². The topological polar surface area (TPSA) is 64.8 Å². The Morgan fingerprint density at radius 1 is 1.58 bits per heavy atom. The van der Waals surface area contributed by atoms with Gasteiger partial charge in [-0.15, -0.1) is 0 Å². The molecule has 0 aliphatic carbocycles. The molecule has 1 aromatic rings. The number of nitrogens with two attached hydrogens (primary N) is 1. The van der Waals surface area contributed by atoms with Crippen molar-refractivity contribution >= 4 is 6.29 Å². The Hall–Kier alpha value is -1.50. The summed E-state index contributed by atoms with van der Waals surface area (Å²) in [5, 5.41) is 0. The number of aldehydes is 1. The summed E-state index contributed by atoms with van der Waals surface area (Å²) >= 11 is 0. The highest BCUT2D eigenvalue weighted by atomic mass is 19.1. The molecule has 0 spiro atoms. The molecule has 1 atom stereocenters. The lowest BCUT2D eigenvalue weighted by Gasteiger charge is -2.31. The molecule has 1 heterocycles. The van der Waals surface area contributed by atoms with Crippen molar-refractivity contribution in [1.82, 2.24) is 4.90 Å². The fourth-order valence-electron chi connectivity index (χ4n) is 1.96. The van der Waals surface area contributed by atoms with Gasteiger partial charge in [0.15, 0.2) is 0 Å². The van der Waals surface area contributed by atoms with Gasteiger partial charge >= 0.3 is 0 Å². The lowest BCUT2D eigenvalue weighted by Crippen LogP contribution is -2.45. The van der Waals surface area contributed by atoms with Gasteiger partial charge < -0.3 is 20.0 Å². The monoisotopic (exact) mass is 268 g/mol. The summed E-state index contributed by atoms with van der Waals surface area (Å²) in [5.74, 6) is 0.00760. The van der Waals surface area contributed by atoms with Crippen LogP contribution in [0.2, 0.25) is 0 Å². The first-order valence-corrected chi connectivity index (χ1v) is 6.15. The molecule has 6 heteroatoms. The Bertz CT molecular complexity index is 442. The lowest BCUT2D eigenvalue weighted by atomic mass is 10.2. The summed E-state index contributed by atoms with van der Waals surface area (Å²) in [4.78, 5) is 12.4. The molecule has 2 N–H and O–H groups in total. The molecule has 19 heavy (non-hydrogen) atoms. The largest absolute Gasteiger partial charge is 0.463 e. The van der Waals surface area contributed by atoms with Crippen LogP contribution in [0.5, 0.6) is 5.75 Å². The molecule has 2 rings (SSSR count). The van der Waals surface area contributed by atoms with E-state index in [1.807, 2.05) is 4.90 Å². The minimum absolute atomic E-state index is 0.264. The van der Waals surface area contributed by atoms with Crippen molar-refractivity contribution in [3.63, 3.8) is 0 Å². The second kappa shape index (κ2) is 6.60. The molecule has 0 amide bonds. The molecule has 1 saturated heterocycles. The zero-order valence-electron chi connectivity index (χ0n) is 10.5. The molecule has 0 saturated carbocycles. The summed E-state index contributed by atoms with van der Waals surface area (Å²) in [7, 11) is 0. The third-order valence-electron chi connectivity index (χ3n) is 2.96. The molecule has 104 valence electrons. The maximum absolute atomic E-state index is 13.2. The molecule has 1 fully saturated rings. The highest BCUT2D eigenvalue weighted by Gasteiger charge is 2.22. The number of hydrogen-bond donors (Lipinski definition) is 1. The van der Waals surface area contributed by atoms with Crippen LogP contribution in [0.3, 0.4) is 0 Å². The molecule has 0 bridgehead atoms. The van der Waals surface area contributed by atoms with Crippen LogP contribution < -0.4 is 10.5 Å². The van der Waals surface area contributed by atoms with Gasteiger partial charge in [0.1, 0.15) is 17.9 Å². The van der Waals surface area contributed by atoms with Crippen molar-refractivity contribution in [2.75, 3.05) is 26.2 Å². The smallest absolute Gasteiger partial charge is 0.212 e. The lowest BCUT2D eigenvalue weighted by molar-refractivity contribution is -0.134. The van der Waals surface area contributed by atoms with Gasteiger partial charge in [-0.05, 0) is 6.07 Å². The Labute approximate surface area is 111 Å². The third kappa shape index (κ3) is 3.73. The predicted molar refractivity (Wildman–Crippen MR) is 67.2 cm³/mol. The van der Waals surface area contributed by atoms with E-state index >= 15 is 0 Å². The first kappa shape index (κ1) is 13.9. The fraction of sp³-hybridized carbons (Fsp3) is 0.462. The average Bonchev–Trinajstić information content (AvgIpc) is 2.40. The van der Waals surface area contributed by atoms with Crippen LogP contribution in [0.25, 0.3) is 0 Å². The molecular formula is C13H17FN2O3. The summed E-state index contributed by atoms with van der Waals surface area (Å²) in [5.41, 5.74) is 6.30. The van der Waals surface area contributed by atoms with Crippen molar-refractivity contribution in [2.24, 2.45) is 5.73 Å². The van der Waals surface area contributed by atoms with E-state index in [9.17, 15) is 9.18 Å². The van der Waals surface area contributed by atoms with E-state index in [4.69, 9.17) is 15.2 Å². The number of nitrogens with zero attached hydrogens (tertiary/aromatic N) is 1. The zero-order chi connectivity index (χ0) is 13.7. The minimum Gasteiger partial charge on any atom is -0.463 e. The number of benzene rings is 1. The summed E-state index contributed by atoms with van der Waals surface area (Å²) in [6.07, 6.45) is 0.330. The second-order valence-corrected chi connectivity index (χ2v) is 4.30. The molecule has 5 nitrogen and oxygen atoms in total. The summed E-state index contributed by atoms with van der Waals surface area (Å²) in [6, 6.07) is 4.23. The van der Waals surface area contributed by atoms with Gasteiger partial charge in [-0.25, -0.2) is 4.39 Å². The van der Waals surface area contributed by atoms with Gasteiger partial charge in [-0.2, -0.15) is 0 Å². The Morgan fingerprint density at radius 3 is 3.16 bits per heavy atom. The molecule has 1 aliphatic heterocycles. The van der Waals surface area contributed by atoms with Crippen LogP contribution in [0.15, 0.2) is 18.2 Å². The third-order valence-corrected chi connectivity index (χ3v) is 2.96. The number of rotatable bonds is 5. The molecule has 0 radical (unpaired) electrons. The Kier molecular flexibility index (Phi) is 4.84. The first-order valence-electron chi connectivity index (χ1n) is 6.15. The molecule has 1 aliphatic rings. The second-order valence-electron chi connectivity index (χ2n) is 4.30. The van der Waals surface area contributed by atoms with Crippen LogP contribution >= 0.6 is 0 Å². The van der Waals surface area contributed by atoms with E-state index in [1.54, 1.807) is 6.07 Å². The highest BCUT2D eigenvalue weighted by Crippen LogP contribution is 2.22. The van der Waals surface area contributed by atoms with E-state index < -0.39 is 6.29 Å². The van der Waals surface area contributed by atoms with Crippen LogP contribution in [0.1, 0.15) is 5.56 Å². The fourth-order valence-corrected chi connectivity index (χ4v) is 1.96. The standard InChI is InChI=1S/C13H17FN2O3/c14-11-2-1-10(8-15)12(7-11)19-13-9-16(3-5-17)4-6-18-13/h1-2,5,7,13H,3-4,6,8-9,15H2. The number of carbonyl (C=O) groups excluding carboxylic acids is 1. The number of halogens is 1. The number of carbonyl (C=O) groups is 1.